The zero-order valence-electron chi connectivity index (χ0n) is 15.4. The smallest absolute Gasteiger partial charge is 0.244 e. The molecule has 4 rings (SSSR count). The van der Waals surface area contributed by atoms with E-state index in [9.17, 15) is 5.26 Å². The van der Waals surface area contributed by atoms with Gasteiger partial charge < -0.3 is 19.9 Å². The maximum absolute atomic E-state index is 9.76. The van der Waals surface area contributed by atoms with Gasteiger partial charge in [-0.2, -0.15) is 5.26 Å². The number of aromatic amines is 1. The Morgan fingerprint density at radius 3 is 2.54 bits per heavy atom. The molecule has 0 saturated carbocycles. The Morgan fingerprint density at radius 2 is 1.86 bits per heavy atom. The number of aromatic nitrogens is 2. The van der Waals surface area contributed by atoms with E-state index in [-0.39, 0.29) is 5.88 Å². The van der Waals surface area contributed by atoms with Gasteiger partial charge in [0.05, 0.1) is 31.4 Å². The van der Waals surface area contributed by atoms with Crippen molar-refractivity contribution in [1.82, 2.24) is 10.2 Å². The lowest BCUT2D eigenvalue weighted by Gasteiger charge is -2.24. The minimum absolute atomic E-state index is 0.0551. The number of fused-ring (bicyclic) bond motifs is 1. The highest BCUT2D eigenvalue weighted by Gasteiger charge is 2.35. The Balaban J connectivity index is 1.91. The lowest BCUT2D eigenvalue weighted by Crippen LogP contribution is -2.20. The highest BCUT2D eigenvalue weighted by atomic mass is 16.5. The average molecular weight is 374 g/mol. The number of allylic oxidation sites excluding steroid dienone is 1. The highest BCUT2D eigenvalue weighted by Crippen LogP contribution is 2.46. The molecule has 140 valence electrons. The molecule has 0 aliphatic carbocycles. The maximum atomic E-state index is 9.76. The fraction of sp³-hybridized carbons (Fsp3) is 0.143. The van der Waals surface area contributed by atoms with Gasteiger partial charge in [-0.05, 0) is 29.8 Å². The van der Waals surface area contributed by atoms with Crippen LogP contribution in [0.15, 0.2) is 60.0 Å². The molecule has 0 amide bonds. The Morgan fingerprint density at radius 1 is 1.11 bits per heavy atom. The average Bonchev–Trinajstić information content (AvgIpc) is 3.16. The van der Waals surface area contributed by atoms with Gasteiger partial charge in [0.2, 0.25) is 11.8 Å². The van der Waals surface area contributed by atoms with Gasteiger partial charge in [-0.25, -0.2) is 0 Å². The van der Waals surface area contributed by atoms with E-state index in [2.05, 4.69) is 16.3 Å². The number of nitrogens with two attached hydrogens (primary N) is 1. The molecule has 0 spiro atoms. The SMILES string of the molecule is COc1ccc([C@@H]2C(C#N)=C(N)Oc3n[nH]c(-c4cccc(OC)c4)c32)cc1. The molecular formula is C21H18N4O3. The summed E-state index contributed by atoms with van der Waals surface area (Å²) in [5, 5.41) is 17.1. The molecule has 0 radical (unpaired) electrons. The van der Waals surface area contributed by atoms with E-state index in [0.29, 0.717) is 17.2 Å². The summed E-state index contributed by atoms with van der Waals surface area (Å²) in [7, 11) is 3.22. The summed E-state index contributed by atoms with van der Waals surface area (Å²) < 4.78 is 16.2. The van der Waals surface area contributed by atoms with Crippen molar-refractivity contribution in [3.05, 3.63) is 71.1 Å². The van der Waals surface area contributed by atoms with Crippen molar-refractivity contribution in [3.8, 4) is 34.7 Å². The number of ether oxygens (including phenoxy) is 3. The third-order valence-electron chi connectivity index (χ3n) is 4.75. The van der Waals surface area contributed by atoms with Gasteiger partial charge in [0.15, 0.2) is 0 Å². The van der Waals surface area contributed by atoms with E-state index in [4.69, 9.17) is 19.9 Å². The molecule has 0 saturated heterocycles. The monoisotopic (exact) mass is 374 g/mol. The van der Waals surface area contributed by atoms with E-state index >= 15 is 0 Å². The van der Waals surface area contributed by atoms with Gasteiger partial charge in [0.1, 0.15) is 23.1 Å². The largest absolute Gasteiger partial charge is 0.497 e. The topological polar surface area (TPSA) is 106 Å². The van der Waals surface area contributed by atoms with Gasteiger partial charge in [0, 0.05) is 5.56 Å². The molecule has 1 aromatic heterocycles. The van der Waals surface area contributed by atoms with Crippen molar-refractivity contribution in [2.24, 2.45) is 5.73 Å². The molecule has 7 nitrogen and oxygen atoms in total. The third-order valence-corrected chi connectivity index (χ3v) is 4.75. The molecular weight excluding hydrogens is 356 g/mol. The zero-order valence-corrected chi connectivity index (χ0v) is 15.4. The standard InChI is InChI=1S/C21H18N4O3/c1-26-14-8-6-12(7-9-14)17-16(11-22)20(23)28-21-18(17)19(24-25-21)13-4-3-5-15(10-13)27-2/h3-10,17H,23H2,1-2H3,(H,24,25)/t17-/m1/s1. The van der Waals surface area contributed by atoms with E-state index in [1.807, 2.05) is 48.5 Å². The normalized spacial score (nSPS) is 15.4. The van der Waals surface area contributed by atoms with E-state index in [0.717, 1.165) is 28.1 Å². The lowest BCUT2D eigenvalue weighted by atomic mass is 9.83. The van der Waals surface area contributed by atoms with E-state index in [1.165, 1.54) is 0 Å². The van der Waals surface area contributed by atoms with Crippen LogP contribution in [0.1, 0.15) is 17.0 Å². The van der Waals surface area contributed by atoms with Crippen molar-refractivity contribution in [1.29, 1.82) is 5.26 Å². The first kappa shape index (κ1) is 17.5. The lowest BCUT2D eigenvalue weighted by molar-refractivity contribution is 0.379. The van der Waals surface area contributed by atoms with Crippen LogP contribution in [0.3, 0.4) is 0 Å². The van der Waals surface area contributed by atoms with Crippen molar-refractivity contribution in [2.75, 3.05) is 14.2 Å². The third kappa shape index (κ3) is 2.81. The molecule has 2 heterocycles. The number of benzene rings is 2. The molecule has 7 heteroatoms. The maximum Gasteiger partial charge on any atom is 0.244 e. The fourth-order valence-corrected chi connectivity index (χ4v) is 3.37. The molecule has 1 aliphatic heterocycles. The summed E-state index contributed by atoms with van der Waals surface area (Å²) >= 11 is 0. The Kier molecular flexibility index (Phi) is 4.38. The molecule has 0 unspecified atom stereocenters. The van der Waals surface area contributed by atoms with Crippen LogP contribution in [-0.4, -0.2) is 24.4 Å². The number of methoxy groups -OCH3 is 2. The molecule has 28 heavy (non-hydrogen) atoms. The summed E-state index contributed by atoms with van der Waals surface area (Å²) in [6, 6.07) is 17.3. The van der Waals surface area contributed by atoms with Crippen LogP contribution in [0.5, 0.6) is 17.4 Å². The number of H-pyrrole nitrogens is 1. The molecule has 1 atom stereocenters. The van der Waals surface area contributed by atoms with Gasteiger partial charge >= 0.3 is 0 Å². The molecule has 1 aliphatic rings. The first-order valence-corrected chi connectivity index (χ1v) is 8.60. The van der Waals surface area contributed by atoms with Crippen LogP contribution in [-0.2, 0) is 0 Å². The number of nitrogens with one attached hydrogen (secondary N) is 1. The van der Waals surface area contributed by atoms with Crippen LogP contribution >= 0.6 is 0 Å². The Hall–Kier alpha value is -3.92. The van der Waals surface area contributed by atoms with Crippen LogP contribution in [0.2, 0.25) is 0 Å². The van der Waals surface area contributed by atoms with E-state index in [1.54, 1.807) is 14.2 Å². The Labute approximate surface area is 162 Å². The second-order valence-corrected chi connectivity index (χ2v) is 6.25. The second kappa shape index (κ2) is 7.00. The van der Waals surface area contributed by atoms with Crippen LogP contribution < -0.4 is 19.9 Å². The van der Waals surface area contributed by atoms with Crippen molar-refractivity contribution in [2.45, 2.75) is 5.92 Å². The number of rotatable bonds is 4. The van der Waals surface area contributed by atoms with Gasteiger partial charge in [-0.1, -0.05) is 24.3 Å². The van der Waals surface area contributed by atoms with Crippen LogP contribution in [0.4, 0.5) is 0 Å². The summed E-state index contributed by atoms with van der Waals surface area (Å²) in [5.74, 6) is 1.44. The zero-order chi connectivity index (χ0) is 19.7. The Bertz CT molecular complexity index is 1090. The summed E-state index contributed by atoms with van der Waals surface area (Å²) in [4.78, 5) is 0. The quantitative estimate of drug-likeness (QED) is 0.726. The van der Waals surface area contributed by atoms with Gasteiger partial charge in [-0.3, -0.25) is 5.10 Å². The van der Waals surface area contributed by atoms with Gasteiger partial charge in [-0.15, -0.1) is 5.10 Å². The van der Waals surface area contributed by atoms with Crippen LogP contribution in [0, 0.1) is 11.3 Å². The fourth-order valence-electron chi connectivity index (χ4n) is 3.37. The number of nitriles is 1. The summed E-state index contributed by atoms with van der Waals surface area (Å²) in [6.07, 6.45) is 0. The van der Waals surface area contributed by atoms with E-state index < -0.39 is 5.92 Å². The molecule has 2 aromatic carbocycles. The van der Waals surface area contributed by atoms with Crippen molar-refractivity contribution >= 4 is 0 Å². The molecule has 0 bridgehead atoms. The van der Waals surface area contributed by atoms with Crippen molar-refractivity contribution < 1.29 is 14.2 Å². The predicted molar refractivity (Wildman–Crippen MR) is 103 cm³/mol. The molecule has 3 aromatic rings. The first-order valence-electron chi connectivity index (χ1n) is 8.60. The van der Waals surface area contributed by atoms with Crippen LogP contribution in [0.25, 0.3) is 11.3 Å². The number of hydrogen-bond donors (Lipinski definition) is 2. The first-order chi connectivity index (χ1) is 13.7. The number of nitrogens with zero attached hydrogens (tertiary/aromatic N) is 2. The van der Waals surface area contributed by atoms with Crippen molar-refractivity contribution in [3.63, 3.8) is 0 Å². The predicted octanol–water partition coefficient (Wildman–Crippen LogP) is 3.31. The molecule has 3 N–H and O–H groups in total. The highest BCUT2D eigenvalue weighted by molar-refractivity contribution is 5.71. The minimum Gasteiger partial charge on any atom is -0.497 e. The summed E-state index contributed by atoms with van der Waals surface area (Å²) in [5.41, 5.74) is 9.61. The number of hydrogen-bond acceptors (Lipinski definition) is 6. The van der Waals surface area contributed by atoms with Gasteiger partial charge in [0.25, 0.3) is 0 Å². The minimum atomic E-state index is -0.417. The molecule has 0 fully saturated rings. The summed E-state index contributed by atoms with van der Waals surface area (Å²) in [6.45, 7) is 0. The second-order valence-electron chi connectivity index (χ2n) is 6.25.